The Kier molecular flexibility index (Phi) is 6.35. The van der Waals surface area contributed by atoms with E-state index in [-0.39, 0.29) is 11.3 Å². The van der Waals surface area contributed by atoms with Gasteiger partial charge in [-0.3, -0.25) is 9.69 Å². The number of fused-ring (bicyclic) bond motifs is 1. The molecule has 188 valence electrons. The summed E-state index contributed by atoms with van der Waals surface area (Å²) in [6.45, 7) is 9.05. The molecule has 2 aliphatic rings. The molecule has 5 rings (SSSR count). The second-order valence-electron chi connectivity index (χ2n) is 10.2. The normalized spacial score (nSPS) is 16.7. The first kappa shape index (κ1) is 24.4. The number of amidine groups is 1. The fourth-order valence-electron chi connectivity index (χ4n) is 4.43. The maximum Gasteiger partial charge on any atom is 0.257 e. The van der Waals surface area contributed by atoms with Crippen molar-refractivity contribution in [2.24, 2.45) is 4.99 Å². The highest BCUT2D eigenvalue weighted by Gasteiger charge is 2.32. The van der Waals surface area contributed by atoms with E-state index in [9.17, 15) is 9.18 Å². The van der Waals surface area contributed by atoms with Crippen molar-refractivity contribution in [2.75, 3.05) is 22.2 Å². The van der Waals surface area contributed by atoms with E-state index >= 15 is 0 Å². The van der Waals surface area contributed by atoms with Crippen molar-refractivity contribution < 1.29 is 14.1 Å². The molecule has 0 fully saturated rings. The third-order valence-corrected chi connectivity index (χ3v) is 6.52. The lowest BCUT2D eigenvalue weighted by molar-refractivity contribution is -0.743. The number of hydrogen-bond acceptors (Lipinski definition) is 5. The molecule has 0 aliphatic carbocycles. The van der Waals surface area contributed by atoms with Crippen molar-refractivity contribution in [3.8, 4) is 0 Å². The van der Waals surface area contributed by atoms with Gasteiger partial charge < -0.3 is 10.6 Å². The summed E-state index contributed by atoms with van der Waals surface area (Å²) in [6.07, 6.45) is 5.68. The van der Waals surface area contributed by atoms with Gasteiger partial charge in [-0.25, -0.2) is 9.88 Å². The monoisotopic (exact) mass is 497 g/mol. The summed E-state index contributed by atoms with van der Waals surface area (Å²) in [6, 6.07) is 18.2. The Balaban J connectivity index is 1.40. The highest BCUT2D eigenvalue weighted by atomic mass is 19.1. The predicted octanol–water partition coefficient (Wildman–Crippen LogP) is 4.58. The van der Waals surface area contributed by atoms with Crippen LogP contribution in [0.15, 0.2) is 90.0 Å². The molecule has 8 heteroatoms. The minimum atomic E-state index is -0.554. The molecule has 0 spiro atoms. The summed E-state index contributed by atoms with van der Waals surface area (Å²) in [5, 5.41) is 6.27. The Labute approximate surface area is 216 Å². The number of carbonyl (C=O) groups excluding carboxylic acids is 1. The van der Waals surface area contributed by atoms with Crippen LogP contribution in [0.5, 0.6) is 0 Å². The number of anilines is 3. The third kappa shape index (κ3) is 5.15. The van der Waals surface area contributed by atoms with Gasteiger partial charge in [0.05, 0.1) is 11.9 Å². The van der Waals surface area contributed by atoms with E-state index < -0.39 is 5.95 Å². The highest BCUT2D eigenvalue weighted by molar-refractivity contribution is 6.05. The van der Waals surface area contributed by atoms with Crippen LogP contribution in [0.3, 0.4) is 0 Å². The van der Waals surface area contributed by atoms with Crippen molar-refractivity contribution in [1.29, 1.82) is 0 Å². The van der Waals surface area contributed by atoms with E-state index in [4.69, 9.17) is 0 Å². The topological polar surface area (TPSA) is 74.1 Å². The summed E-state index contributed by atoms with van der Waals surface area (Å²) >= 11 is 0. The Morgan fingerprint density at radius 3 is 2.54 bits per heavy atom. The van der Waals surface area contributed by atoms with Crippen LogP contribution in [-0.4, -0.2) is 23.4 Å². The lowest BCUT2D eigenvalue weighted by Gasteiger charge is -2.31. The molecule has 37 heavy (non-hydrogen) atoms. The van der Waals surface area contributed by atoms with Crippen LogP contribution in [0.4, 0.5) is 21.6 Å². The third-order valence-electron chi connectivity index (χ3n) is 6.52. The second-order valence-corrected chi connectivity index (χ2v) is 10.2. The molecular formula is C29H30FN6O+. The first-order chi connectivity index (χ1) is 17.7. The molecule has 1 amide bonds. The summed E-state index contributed by atoms with van der Waals surface area (Å²) in [7, 11) is 0. The molecule has 3 heterocycles. The van der Waals surface area contributed by atoms with Crippen molar-refractivity contribution in [2.45, 2.75) is 33.1 Å². The Morgan fingerprint density at radius 1 is 1.05 bits per heavy atom. The molecule has 0 bridgehead atoms. The zero-order valence-corrected chi connectivity index (χ0v) is 21.3. The van der Waals surface area contributed by atoms with Gasteiger partial charge in [0.1, 0.15) is 17.7 Å². The molecule has 2 aromatic carbocycles. The number of rotatable bonds is 5. The molecule has 0 saturated heterocycles. The lowest BCUT2D eigenvalue weighted by atomic mass is 9.86. The average Bonchev–Trinajstić information content (AvgIpc) is 3.34. The van der Waals surface area contributed by atoms with Crippen LogP contribution in [0.2, 0.25) is 0 Å². The molecule has 0 saturated carbocycles. The number of nitrogens with one attached hydrogen (secondary N) is 3. The van der Waals surface area contributed by atoms with Crippen LogP contribution >= 0.6 is 0 Å². The summed E-state index contributed by atoms with van der Waals surface area (Å²) in [4.78, 5) is 24.6. The summed E-state index contributed by atoms with van der Waals surface area (Å²) < 4.78 is 13.7. The number of aliphatic imine (C=N–C) groups is 1. The Morgan fingerprint density at radius 2 is 1.81 bits per heavy atom. The van der Waals surface area contributed by atoms with Gasteiger partial charge in [-0.15, -0.1) is 0 Å². The van der Waals surface area contributed by atoms with Crippen LogP contribution in [0.25, 0.3) is 0 Å². The van der Waals surface area contributed by atoms with E-state index in [1.807, 2.05) is 61.8 Å². The SMILES string of the molecule is Cc1c(NC(=O)c2ccc(C(C)(C)C)cc2)cccc1N1C=C(Nc2cccc(F)n2)C2=NC=C[NH+]2C1. The molecular weight excluding hydrogens is 467 g/mol. The molecule has 1 atom stereocenters. The van der Waals surface area contributed by atoms with E-state index in [0.29, 0.717) is 18.1 Å². The Bertz CT molecular complexity index is 1440. The molecule has 1 aromatic heterocycles. The minimum Gasteiger partial charge on any atom is -0.333 e. The smallest absolute Gasteiger partial charge is 0.257 e. The van der Waals surface area contributed by atoms with Gasteiger partial charge in [0.2, 0.25) is 5.95 Å². The van der Waals surface area contributed by atoms with E-state index in [1.165, 1.54) is 11.6 Å². The number of carbonyl (C=O) groups is 1. The largest absolute Gasteiger partial charge is 0.333 e. The number of nitrogens with zero attached hydrogens (tertiary/aromatic N) is 3. The maximum absolute atomic E-state index is 13.7. The van der Waals surface area contributed by atoms with Gasteiger partial charge in [0.25, 0.3) is 11.7 Å². The van der Waals surface area contributed by atoms with Gasteiger partial charge in [0.15, 0.2) is 6.67 Å². The fraction of sp³-hybridized carbons (Fsp3) is 0.207. The quantitative estimate of drug-likeness (QED) is 0.451. The summed E-state index contributed by atoms with van der Waals surface area (Å²) in [5.74, 6) is 0.499. The number of quaternary nitrogens is 1. The van der Waals surface area contributed by atoms with Gasteiger partial charge in [-0.05, 0) is 59.9 Å². The number of benzene rings is 2. The average molecular weight is 498 g/mol. The number of pyridine rings is 1. The lowest BCUT2D eigenvalue weighted by Crippen LogP contribution is -3.12. The number of halogens is 1. The number of aromatic nitrogens is 1. The number of amides is 1. The van der Waals surface area contributed by atoms with Crippen molar-refractivity contribution in [1.82, 2.24) is 4.98 Å². The fourth-order valence-corrected chi connectivity index (χ4v) is 4.43. The minimum absolute atomic E-state index is 0.0252. The van der Waals surface area contributed by atoms with Gasteiger partial charge >= 0.3 is 0 Å². The van der Waals surface area contributed by atoms with Crippen molar-refractivity contribution in [3.63, 3.8) is 0 Å². The van der Waals surface area contributed by atoms with E-state index in [0.717, 1.165) is 33.4 Å². The highest BCUT2D eigenvalue weighted by Crippen LogP contribution is 2.29. The zero-order chi connectivity index (χ0) is 26.2. The second kappa shape index (κ2) is 9.63. The molecule has 7 nitrogen and oxygen atoms in total. The van der Waals surface area contributed by atoms with Crippen LogP contribution in [0.1, 0.15) is 42.3 Å². The van der Waals surface area contributed by atoms with Crippen LogP contribution in [-0.2, 0) is 5.41 Å². The van der Waals surface area contributed by atoms with Crippen molar-refractivity contribution in [3.05, 3.63) is 108 Å². The zero-order valence-electron chi connectivity index (χ0n) is 21.3. The van der Waals surface area contributed by atoms with Crippen molar-refractivity contribution >= 4 is 28.9 Å². The Hall–Kier alpha value is -4.30. The first-order valence-electron chi connectivity index (χ1n) is 12.2. The van der Waals surface area contributed by atoms with Gasteiger partial charge in [-0.2, -0.15) is 9.38 Å². The summed E-state index contributed by atoms with van der Waals surface area (Å²) in [5.41, 5.74) is 5.15. The molecule has 3 aromatic rings. The molecule has 1 unspecified atom stereocenters. The molecule has 3 N–H and O–H groups in total. The number of hydrogen-bond donors (Lipinski definition) is 3. The van der Waals surface area contributed by atoms with E-state index in [1.54, 1.807) is 18.3 Å². The van der Waals surface area contributed by atoms with Crippen LogP contribution in [0, 0.1) is 12.9 Å². The first-order valence-corrected chi connectivity index (χ1v) is 12.2. The molecule has 2 aliphatic heterocycles. The van der Waals surface area contributed by atoms with Gasteiger partial charge in [-0.1, -0.05) is 45.0 Å². The maximum atomic E-state index is 13.7. The standard InChI is InChI=1S/C29H29FN6O/c1-19-22(33-28(37)20-11-13-21(14-12-20)29(2,3)4)7-5-8-24(19)36-17-23(27-31-15-16-35(27)18-36)32-26-10-6-9-25(30)34-26/h5-17H,18H2,1-4H3,(H,32,34)(H,33,37)/p+1. The van der Waals surface area contributed by atoms with Gasteiger partial charge in [0, 0.05) is 17.5 Å². The predicted molar refractivity (Wildman–Crippen MR) is 145 cm³/mol. The molecule has 0 radical (unpaired) electrons. The van der Waals surface area contributed by atoms with Crippen LogP contribution < -0.4 is 20.4 Å². The van der Waals surface area contributed by atoms with E-state index in [2.05, 4.69) is 46.3 Å².